The van der Waals surface area contributed by atoms with Gasteiger partial charge in [0, 0.05) is 26.1 Å². The molecule has 1 aromatic carbocycles. The molecule has 1 saturated heterocycles. The number of nitrogens with one attached hydrogen (secondary N) is 2. The predicted molar refractivity (Wildman–Crippen MR) is 89.3 cm³/mol. The summed E-state index contributed by atoms with van der Waals surface area (Å²) in [6.45, 7) is 5.62. The molecule has 0 spiro atoms. The summed E-state index contributed by atoms with van der Waals surface area (Å²) >= 11 is 0. The zero-order valence-corrected chi connectivity index (χ0v) is 14.6. The lowest BCUT2D eigenvalue weighted by Crippen LogP contribution is -2.45. The van der Waals surface area contributed by atoms with Gasteiger partial charge < -0.3 is 0 Å². The summed E-state index contributed by atoms with van der Waals surface area (Å²) < 4.78 is 26.9. The predicted octanol–water partition coefficient (Wildman–Crippen LogP) is 1.49. The fraction of sp³-hybridized carbons (Fsp3) is 0.562. The lowest BCUT2D eigenvalue weighted by atomic mass is 10.1. The average Bonchev–Trinajstić information content (AvgIpc) is 2.50. The molecule has 1 aliphatic heterocycles. The fourth-order valence-corrected chi connectivity index (χ4v) is 3.62. The van der Waals surface area contributed by atoms with Gasteiger partial charge in [0.05, 0.1) is 4.90 Å². The summed E-state index contributed by atoms with van der Waals surface area (Å²) in [5.74, 6) is -0.158. The third-order valence-electron chi connectivity index (χ3n) is 4.07. The molecular formula is C16H25N3O3S. The van der Waals surface area contributed by atoms with Crippen molar-refractivity contribution < 1.29 is 13.2 Å². The van der Waals surface area contributed by atoms with Gasteiger partial charge in [0.1, 0.15) is 0 Å². The monoisotopic (exact) mass is 339 g/mol. The van der Waals surface area contributed by atoms with Crippen molar-refractivity contribution in [3.8, 4) is 0 Å². The number of benzene rings is 1. The Morgan fingerprint density at radius 1 is 1.13 bits per heavy atom. The van der Waals surface area contributed by atoms with Gasteiger partial charge in [-0.1, -0.05) is 12.5 Å². The standard InChI is InChI=1S/C16H25N3O3S/c1-13-6-7-15(12-14(13)2)23(21,22)17-9-8-16(20)18-19-10-4-3-5-11-19/h6-7,12,17H,3-5,8-11H2,1-2H3,(H,18,20). The molecule has 2 N–H and O–H groups in total. The van der Waals surface area contributed by atoms with Crippen LogP contribution in [0, 0.1) is 13.8 Å². The van der Waals surface area contributed by atoms with Crippen molar-refractivity contribution in [3.63, 3.8) is 0 Å². The third kappa shape index (κ3) is 5.30. The van der Waals surface area contributed by atoms with Gasteiger partial charge in [-0.25, -0.2) is 18.1 Å². The first-order valence-corrected chi connectivity index (χ1v) is 9.48. The van der Waals surface area contributed by atoms with E-state index in [4.69, 9.17) is 0 Å². The van der Waals surface area contributed by atoms with Crippen molar-refractivity contribution in [3.05, 3.63) is 29.3 Å². The molecule has 0 bridgehead atoms. The van der Waals surface area contributed by atoms with E-state index >= 15 is 0 Å². The first-order valence-electron chi connectivity index (χ1n) is 8.00. The molecule has 0 unspecified atom stereocenters. The molecule has 7 heteroatoms. The Labute approximate surface area is 138 Å². The molecule has 128 valence electrons. The van der Waals surface area contributed by atoms with Crippen LogP contribution in [0.3, 0.4) is 0 Å². The van der Waals surface area contributed by atoms with E-state index in [0.717, 1.165) is 37.1 Å². The minimum absolute atomic E-state index is 0.0922. The lowest BCUT2D eigenvalue weighted by Gasteiger charge is -2.26. The van der Waals surface area contributed by atoms with Crippen molar-refractivity contribution in [1.29, 1.82) is 0 Å². The van der Waals surface area contributed by atoms with E-state index in [1.54, 1.807) is 18.2 Å². The highest BCUT2D eigenvalue weighted by Gasteiger charge is 2.16. The van der Waals surface area contributed by atoms with E-state index in [-0.39, 0.29) is 23.8 Å². The zero-order valence-electron chi connectivity index (χ0n) is 13.8. The van der Waals surface area contributed by atoms with Crippen molar-refractivity contribution in [2.75, 3.05) is 19.6 Å². The maximum atomic E-state index is 12.2. The average molecular weight is 339 g/mol. The summed E-state index contributed by atoms with van der Waals surface area (Å²) in [5.41, 5.74) is 4.79. The Morgan fingerprint density at radius 3 is 2.48 bits per heavy atom. The molecule has 0 atom stereocenters. The number of rotatable bonds is 6. The maximum Gasteiger partial charge on any atom is 0.240 e. The van der Waals surface area contributed by atoms with Crippen LogP contribution in [0.15, 0.2) is 23.1 Å². The first-order chi connectivity index (χ1) is 10.9. The third-order valence-corrected chi connectivity index (χ3v) is 5.53. The molecule has 1 fully saturated rings. The van der Waals surface area contributed by atoms with Crippen molar-refractivity contribution in [2.24, 2.45) is 0 Å². The zero-order chi connectivity index (χ0) is 16.9. The number of hydrogen-bond acceptors (Lipinski definition) is 4. The van der Waals surface area contributed by atoms with Crippen LogP contribution in [-0.2, 0) is 14.8 Å². The fourth-order valence-electron chi connectivity index (χ4n) is 2.50. The number of hydrazine groups is 1. The molecule has 1 aromatic rings. The van der Waals surface area contributed by atoms with E-state index in [1.165, 1.54) is 6.42 Å². The van der Waals surface area contributed by atoms with Gasteiger partial charge in [-0.2, -0.15) is 0 Å². The molecule has 0 saturated carbocycles. The summed E-state index contributed by atoms with van der Waals surface area (Å²) in [7, 11) is -3.57. The SMILES string of the molecule is Cc1ccc(S(=O)(=O)NCCC(=O)NN2CCCCC2)cc1C. The Balaban J connectivity index is 1.82. The minimum atomic E-state index is -3.57. The van der Waals surface area contributed by atoms with E-state index in [0.29, 0.717) is 0 Å². The number of amides is 1. The largest absolute Gasteiger partial charge is 0.289 e. The highest BCUT2D eigenvalue weighted by atomic mass is 32.2. The lowest BCUT2D eigenvalue weighted by molar-refractivity contribution is -0.126. The van der Waals surface area contributed by atoms with E-state index < -0.39 is 10.0 Å². The van der Waals surface area contributed by atoms with Crippen LogP contribution in [0.5, 0.6) is 0 Å². The minimum Gasteiger partial charge on any atom is -0.289 e. The molecule has 6 nitrogen and oxygen atoms in total. The molecule has 2 rings (SSSR count). The van der Waals surface area contributed by atoms with Crippen molar-refractivity contribution in [2.45, 2.75) is 44.4 Å². The van der Waals surface area contributed by atoms with Gasteiger partial charge in [-0.3, -0.25) is 10.2 Å². The van der Waals surface area contributed by atoms with Gasteiger partial charge in [0.25, 0.3) is 0 Å². The molecule has 1 amide bonds. The molecule has 1 aliphatic rings. The number of hydrogen-bond donors (Lipinski definition) is 2. The highest BCUT2D eigenvalue weighted by Crippen LogP contribution is 2.14. The first kappa shape index (κ1) is 17.9. The topological polar surface area (TPSA) is 78.5 Å². The Kier molecular flexibility index (Phi) is 6.15. The second kappa shape index (κ2) is 7.90. The normalized spacial score (nSPS) is 16.3. The Bertz CT molecular complexity index is 653. The van der Waals surface area contributed by atoms with E-state index in [1.807, 2.05) is 18.9 Å². The quantitative estimate of drug-likeness (QED) is 0.823. The maximum absolute atomic E-state index is 12.2. The molecule has 0 aliphatic carbocycles. The van der Waals surface area contributed by atoms with Gasteiger partial charge in [-0.15, -0.1) is 0 Å². The second-order valence-electron chi connectivity index (χ2n) is 5.98. The summed E-state index contributed by atoms with van der Waals surface area (Å²) in [4.78, 5) is 12.1. The van der Waals surface area contributed by atoms with Crippen LogP contribution in [0.1, 0.15) is 36.8 Å². The van der Waals surface area contributed by atoms with Crippen LogP contribution in [0.4, 0.5) is 0 Å². The number of aryl methyl sites for hydroxylation is 2. The van der Waals surface area contributed by atoms with Crippen LogP contribution in [0.2, 0.25) is 0 Å². The van der Waals surface area contributed by atoms with Crippen LogP contribution in [-0.4, -0.2) is 39.0 Å². The van der Waals surface area contributed by atoms with Gasteiger partial charge in [0.2, 0.25) is 15.9 Å². The molecule has 23 heavy (non-hydrogen) atoms. The van der Waals surface area contributed by atoms with Gasteiger partial charge in [0.15, 0.2) is 0 Å². The van der Waals surface area contributed by atoms with Gasteiger partial charge in [-0.05, 0) is 49.9 Å². The van der Waals surface area contributed by atoms with Crippen molar-refractivity contribution in [1.82, 2.24) is 15.2 Å². The number of nitrogens with zero attached hydrogens (tertiary/aromatic N) is 1. The smallest absolute Gasteiger partial charge is 0.240 e. The summed E-state index contributed by atoms with van der Waals surface area (Å²) in [6.07, 6.45) is 3.49. The van der Waals surface area contributed by atoms with Crippen LogP contribution in [0.25, 0.3) is 0 Å². The van der Waals surface area contributed by atoms with E-state index in [9.17, 15) is 13.2 Å². The Hall–Kier alpha value is -1.44. The number of carbonyl (C=O) groups excluding carboxylic acids is 1. The van der Waals surface area contributed by atoms with Crippen molar-refractivity contribution >= 4 is 15.9 Å². The Morgan fingerprint density at radius 2 is 1.83 bits per heavy atom. The second-order valence-corrected chi connectivity index (χ2v) is 7.74. The van der Waals surface area contributed by atoms with Crippen LogP contribution >= 0.6 is 0 Å². The highest BCUT2D eigenvalue weighted by molar-refractivity contribution is 7.89. The summed E-state index contributed by atoms with van der Waals surface area (Å²) in [6, 6.07) is 5.01. The number of sulfonamides is 1. The number of piperidine rings is 1. The summed E-state index contributed by atoms with van der Waals surface area (Å²) in [5, 5.41) is 1.91. The van der Waals surface area contributed by atoms with Crippen LogP contribution < -0.4 is 10.1 Å². The van der Waals surface area contributed by atoms with E-state index in [2.05, 4.69) is 10.1 Å². The molecule has 0 aromatic heterocycles. The molecule has 0 radical (unpaired) electrons. The van der Waals surface area contributed by atoms with Gasteiger partial charge >= 0.3 is 0 Å². The molecular weight excluding hydrogens is 314 g/mol. The molecule has 1 heterocycles. The number of carbonyl (C=O) groups is 1.